The van der Waals surface area contributed by atoms with Crippen LogP contribution in [0.3, 0.4) is 0 Å². The van der Waals surface area contributed by atoms with Gasteiger partial charge in [-0.1, -0.05) is 0 Å². The molecule has 0 bridgehead atoms. The zero-order chi connectivity index (χ0) is 11.9. The summed E-state index contributed by atoms with van der Waals surface area (Å²) in [5, 5.41) is 11.7. The highest BCUT2D eigenvalue weighted by atomic mass is 16.5. The molecule has 0 amide bonds. The predicted octanol–water partition coefficient (Wildman–Crippen LogP) is 1.71. The number of nitrogens with one attached hydrogen (secondary N) is 1. The van der Waals surface area contributed by atoms with Crippen LogP contribution < -0.4 is 5.32 Å². The normalized spacial score (nSPS) is 10.2. The Kier molecular flexibility index (Phi) is 13.8. The van der Waals surface area contributed by atoms with Crippen LogP contribution in [0, 0.1) is 11.3 Å². The van der Waals surface area contributed by atoms with Gasteiger partial charge in [0, 0.05) is 20.1 Å². The first-order valence-electron chi connectivity index (χ1n) is 6.06. The summed E-state index contributed by atoms with van der Waals surface area (Å²) < 4.78 is 10.2. The molecule has 0 unspecified atom stereocenters. The van der Waals surface area contributed by atoms with Gasteiger partial charge < -0.3 is 14.8 Å². The van der Waals surface area contributed by atoms with Crippen LogP contribution in [0.4, 0.5) is 0 Å². The molecule has 0 atom stereocenters. The first-order valence-corrected chi connectivity index (χ1v) is 6.06. The van der Waals surface area contributed by atoms with Crippen LogP contribution in [-0.4, -0.2) is 40.0 Å². The molecule has 94 valence electrons. The Morgan fingerprint density at radius 1 is 1.00 bits per heavy atom. The smallest absolute Gasteiger partial charge is 0.0700 e. The SMILES string of the molecule is COCCOCCCCNCCCCC#N. The minimum Gasteiger partial charge on any atom is -0.382 e. The molecule has 0 aromatic rings. The molecule has 0 aliphatic heterocycles. The van der Waals surface area contributed by atoms with Crippen LogP contribution in [0.25, 0.3) is 0 Å². The molecule has 4 nitrogen and oxygen atoms in total. The standard InChI is InChI=1S/C12H24N2O2/c1-15-11-12-16-10-6-5-9-14-8-4-2-3-7-13/h14H,2-6,8-12H2,1H3. The highest BCUT2D eigenvalue weighted by molar-refractivity contribution is 4.68. The van der Waals surface area contributed by atoms with Crippen LogP contribution in [-0.2, 0) is 9.47 Å². The fraction of sp³-hybridized carbons (Fsp3) is 0.917. The summed E-state index contributed by atoms with van der Waals surface area (Å²) in [5.74, 6) is 0. The second-order valence-electron chi connectivity index (χ2n) is 3.68. The molecule has 16 heavy (non-hydrogen) atoms. The average Bonchev–Trinajstić information content (AvgIpc) is 2.31. The molecule has 0 saturated heterocycles. The Morgan fingerprint density at radius 2 is 1.75 bits per heavy atom. The van der Waals surface area contributed by atoms with Crippen LogP contribution in [0.5, 0.6) is 0 Å². The molecule has 0 saturated carbocycles. The topological polar surface area (TPSA) is 54.3 Å². The Morgan fingerprint density at radius 3 is 2.44 bits per heavy atom. The van der Waals surface area contributed by atoms with Crippen LogP contribution in [0.15, 0.2) is 0 Å². The van der Waals surface area contributed by atoms with Crippen LogP contribution in [0.1, 0.15) is 32.1 Å². The van der Waals surface area contributed by atoms with Crippen molar-refractivity contribution >= 4 is 0 Å². The van der Waals surface area contributed by atoms with Crippen molar-refractivity contribution in [2.75, 3.05) is 40.0 Å². The van der Waals surface area contributed by atoms with Gasteiger partial charge in [0.2, 0.25) is 0 Å². The van der Waals surface area contributed by atoms with Gasteiger partial charge in [-0.25, -0.2) is 0 Å². The molecule has 4 heteroatoms. The van der Waals surface area contributed by atoms with E-state index in [4.69, 9.17) is 14.7 Å². The molecule has 0 spiro atoms. The minimum absolute atomic E-state index is 0.676. The highest BCUT2D eigenvalue weighted by Gasteiger charge is 1.91. The number of nitriles is 1. The summed E-state index contributed by atoms with van der Waals surface area (Å²) >= 11 is 0. The molecular weight excluding hydrogens is 204 g/mol. The third kappa shape index (κ3) is 13.4. The lowest BCUT2D eigenvalue weighted by Gasteiger charge is -2.05. The predicted molar refractivity (Wildman–Crippen MR) is 64.3 cm³/mol. The fourth-order valence-electron chi connectivity index (χ4n) is 1.28. The Labute approximate surface area is 98.9 Å². The van der Waals surface area contributed by atoms with E-state index < -0.39 is 0 Å². The monoisotopic (exact) mass is 228 g/mol. The van der Waals surface area contributed by atoms with E-state index in [1.807, 2.05) is 0 Å². The summed E-state index contributed by atoms with van der Waals surface area (Å²) in [7, 11) is 1.68. The quantitative estimate of drug-likeness (QED) is 0.517. The van der Waals surface area contributed by atoms with E-state index in [9.17, 15) is 0 Å². The number of rotatable bonds is 12. The van der Waals surface area contributed by atoms with Gasteiger partial charge >= 0.3 is 0 Å². The number of hydrogen-bond acceptors (Lipinski definition) is 4. The van der Waals surface area contributed by atoms with Crippen molar-refractivity contribution in [1.82, 2.24) is 5.32 Å². The molecule has 1 N–H and O–H groups in total. The number of ether oxygens (including phenoxy) is 2. The number of unbranched alkanes of at least 4 members (excludes halogenated alkanes) is 3. The second kappa shape index (κ2) is 14.4. The highest BCUT2D eigenvalue weighted by Crippen LogP contribution is 1.92. The second-order valence-corrected chi connectivity index (χ2v) is 3.68. The van der Waals surface area contributed by atoms with Gasteiger partial charge in [0.25, 0.3) is 0 Å². The van der Waals surface area contributed by atoms with Gasteiger partial charge in [-0.05, 0) is 38.8 Å². The van der Waals surface area contributed by atoms with Crippen molar-refractivity contribution in [3.05, 3.63) is 0 Å². The van der Waals surface area contributed by atoms with E-state index >= 15 is 0 Å². The molecule has 0 aromatic heterocycles. The molecule has 0 rings (SSSR count). The fourth-order valence-corrected chi connectivity index (χ4v) is 1.28. The van der Waals surface area contributed by atoms with Crippen LogP contribution in [0.2, 0.25) is 0 Å². The largest absolute Gasteiger partial charge is 0.382 e. The van der Waals surface area contributed by atoms with Crippen molar-refractivity contribution in [1.29, 1.82) is 5.26 Å². The van der Waals surface area contributed by atoms with E-state index in [1.54, 1.807) is 7.11 Å². The third-order valence-corrected chi connectivity index (χ3v) is 2.22. The lowest BCUT2D eigenvalue weighted by atomic mass is 10.2. The summed E-state index contributed by atoms with van der Waals surface area (Å²) in [5.41, 5.74) is 0. The summed E-state index contributed by atoms with van der Waals surface area (Å²) in [6.07, 6.45) is 5.01. The maximum absolute atomic E-state index is 8.33. The van der Waals surface area contributed by atoms with Gasteiger partial charge in [0.1, 0.15) is 0 Å². The van der Waals surface area contributed by atoms with E-state index in [1.165, 1.54) is 0 Å². The van der Waals surface area contributed by atoms with Crippen molar-refractivity contribution < 1.29 is 9.47 Å². The zero-order valence-electron chi connectivity index (χ0n) is 10.3. The van der Waals surface area contributed by atoms with Gasteiger partial charge in [-0.15, -0.1) is 0 Å². The molecule has 0 heterocycles. The molecule has 0 radical (unpaired) electrons. The maximum atomic E-state index is 8.33. The Hall–Kier alpha value is -0.630. The lowest BCUT2D eigenvalue weighted by molar-refractivity contribution is 0.0688. The van der Waals surface area contributed by atoms with Crippen molar-refractivity contribution in [2.45, 2.75) is 32.1 Å². The summed E-state index contributed by atoms with van der Waals surface area (Å²) in [6, 6.07) is 2.15. The van der Waals surface area contributed by atoms with Gasteiger partial charge in [0.15, 0.2) is 0 Å². The summed E-state index contributed by atoms with van der Waals surface area (Å²) in [4.78, 5) is 0. The molecular formula is C12H24N2O2. The van der Waals surface area contributed by atoms with Crippen LogP contribution >= 0.6 is 0 Å². The van der Waals surface area contributed by atoms with Crippen molar-refractivity contribution in [3.63, 3.8) is 0 Å². The third-order valence-electron chi connectivity index (χ3n) is 2.22. The molecule has 0 aliphatic rings. The first-order chi connectivity index (χ1) is 7.91. The number of hydrogen-bond donors (Lipinski definition) is 1. The zero-order valence-corrected chi connectivity index (χ0v) is 10.3. The minimum atomic E-state index is 0.676. The lowest BCUT2D eigenvalue weighted by Crippen LogP contribution is -2.17. The van der Waals surface area contributed by atoms with E-state index in [-0.39, 0.29) is 0 Å². The van der Waals surface area contributed by atoms with E-state index in [0.29, 0.717) is 19.6 Å². The maximum Gasteiger partial charge on any atom is 0.0700 e. The van der Waals surface area contributed by atoms with Crippen molar-refractivity contribution in [3.8, 4) is 6.07 Å². The Balaban J connectivity index is 2.86. The van der Waals surface area contributed by atoms with Gasteiger partial charge in [-0.3, -0.25) is 0 Å². The number of methoxy groups -OCH3 is 1. The molecule has 0 aliphatic carbocycles. The molecule has 0 fully saturated rings. The first kappa shape index (κ1) is 15.4. The van der Waals surface area contributed by atoms with E-state index in [2.05, 4.69) is 11.4 Å². The van der Waals surface area contributed by atoms with Crippen molar-refractivity contribution in [2.24, 2.45) is 0 Å². The molecule has 0 aromatic carbocycles. The van der Waals surface area contributed by atoms with E-state index in [0.717, 1.165) is 45.4 Å². The number of nitrogens with zero attached hydrogens (tertiary/aromatic N) is 1. The van der Waals surface area contributed by atoms with Gasteiger partial charge in [-0.2, -0.15) is 5.26 Å². The Bertz CT molecular complexity index is 169. The van der Waals surface area contributed by atoms with Gasteiger partial charge in [0.05, 0.1) is 19.3 Å². The average molecular weight is 228 g/mol. The summed E-state index contributed by atoms with van der Waals surface area (Å²) in [6.45, 7) is 4.25.